The van der Waals surface area contributed by atoms with E-state index in [1.165, 1.54) is 23.0 Å². The summed E-state index contributed by atoms with van der Waals surface area (Å²) >= 11 is 6.22. The second kappa shape index (κ2) is 5.97. The minimum Gasteiger partial charge on any atom is -0.399 e. The summed E-state index contributed by atoms with van der Waals surface area (Å²) in [4.78, 5) is 16.0. The molecule has 4 rings (SSSR count). The number of aromatic nitrogens is 3. The summed E-state index contributed by atoms with van der Waals surface area (Å²) in [6, 6.07) is 4.94. The molecule has 3 N–H and O–H groups in total. The zero-order valence-corrected chi connectivity index (χ0v) is 14.1. The van der Waals surface area contributed by atoms with Crippen molar-refractivity contribution in [2.45, 2.75) is 12.8 Å². The van der Waals surface area contributed by atoms with Crippen molar-refractivity contribution in [3.8, 4) is 11.8 Å². The molecule has 2 aromatic heterocycles. The van der Waals surface area contributed by atoms with Gasteiger partial charge in [-0.15, -0.1) is 0 Å². The zero-order chi connectivity index (χ0) is 18.4. The second-order valence-corrected chi connectivity index (χ2v) is 6.47. The number of carbonyl (C=O) groups is 1. The van der Waals surface area contributed by atoms with E-state index >= 15 is 0 Å². The smallest absolute Gasteiger partial charge is 0.228 e. The molecule has 0 radical (unpaired) electrons. The van der Waals surface area contributed by atoms with Gasteiger partial charge in [0.1, 0.15) is 23.1 Å². The zero-order valence-electron chi connectivity index (χ0n) is 13.3. The summed E-state index contributed by atoms with van der Waals surface area (Å²) in [5, 5.41) is 16.8. The molecule has 0 saturated heterocycles. The Labute approximate surface area is 152 Å². The fraction of sp³-hybridized carbons (Fsp3) is 0.176. The van der Waals surface area contributed by atoms with Crippen LogP contribution in [0.3, 0.4) is 0 Å². The van der Waals surface area contributed by atoms with Crippen molar-refractivity contribution in [1.82, 2.24) is 14.8 Å². The molecule has 1 aromatic carbocycles. The van der Waals surface area contributed by atoms with Gasteiger partial charge in [0.25, 0.3) is 0 Å². The standard InChI is InChI=1S/C17H12ClFN6O/c18-12-4-10(21)3-9(5-20)15(12)25-7-11-14(24-25)13(19)6-22-16(11)23-17(26)8-1-2-8/h3-4,6-8H,1-2,21H2,(H,22,23,26). The molecular weight excluding hydrogens is 359 g/mol. The van der Waals surface area contributed by atoms with E-state index < -0.39 is 5.82 Å². The lowest BCUT2D eigenvalue weighted by molar-refractivity contribution is -0.117. The Bertz CT molecular complexity index is 1100. The lowest BCUT2D eigenvalue weighted by Crippen LogP contribution is -2.14. The fourth-order valence-corrected chi connectivity index (χ4v) is 3.01. The number of nitrogens with zero attached hydrogens (tertiary/aromatic N) is 4. The van der Waals surface area contributed by atoms with Gasteiger partial charge < -0.3 is 11.1 Å². The van der Waals surface area contributed by atoms with Crippen molar-refractivity contribution in [1.29, 1.82) is 5.26 Å². The summed E-state index contributed by atoms with van der Waals surface area (Å²) in [7, 11) is 0. The van der Waals surface area contributed by atoms with Gasteiger partial charge in [0.2, 0.25) is 5.91 Å². The quantitative estimate of drug-likeness (QED) is 0.688. The van der Waals surface area contributed by atoms with Gasteiger partial charge in [-0.25, -0.2) is 14.1 Å². The van der Waals surface area contributed by atoms with Crippen molar-refractivity contribution in [3.63, 3.8) is 0 Å². The van der Waals surface area contributed by atoms with Crippen LogP contribution in [0.25, 0.3) is 16.6 Å². The van der Waals surface area contributed by atoms with E-state index in [-0.39, 0.29) is 39.4 Å². The van der Waals surface area contributed by atoms with E-state index in [1.807, 2.05) is 6.07 Å². The maximum absolute atomic E-state index is 14.2. The van der Waals surface area contributed by atoms with Crippen LogP contribution in [0.1, 0.15) is 18.4 Å². The van der Waals surface area contributed by atoms with Gasteiger partial charge in [0, 0.05) is 17.8 Å². The largest absolute Gasteiger partial charge is 0.399 e. The monoisotopic (exact) mass is 370 g/mol. The molecule has 130 valence electrons. The van der Waals surface area contributed by atoms with Crippen molar-refractivity contribution in [2.24, 2.45) is 5.92 Å². The van der Waals surface area contributed by atoms with Crippen LogP contribution < -0.4 is 11.1 Å². The van der Waals surface area contributed by atoms with E-state index in [0.717, 1.165) is 19.0 Å². The number of nitrogen functional groups attached to an aromatic ring is 1. The molecule has 0 bridgehead atoms. The van der Waals surface area contributed by atoms with Crippen LogP contribution >= 0.6 is 11.6 Å². The van der Waals surface area contributed by atoms with Crippen LogP contribution in [0, 0.1) is 23.1 Å². The second-order valence-electron chi connectivity index (χ2n) is 6.06. The Kier molecular flexibility index (Phi) is 3.74. The molecule has 0 spiro atoms. The molecule has 9 heteroatoms. The minimum absolute atomic E-state index is 0.0166. The number of amides is 1. The number of nitrogens with one attached hydrogen (secondary N) is 1. The van der Waals surface area contributed by atoms with Gasteiger partial charge in [-0.05, 0) is 25.0 Å². The topological polar surface area (TPSA) is 110 Å². The first-order chi connectivity index (χ1) is 12.5. The van der Waals surface area contributed by atoms with Gasteiger partial charge in [0.15, 0.2) is 5.82 Å². The summed E-state index contributed by atoms with van der Waals surface area (Å²) in [6.07, 6.45) is 4.15. The summed E-state index contributed by atoms with van der Waals surface area (Å²) < 4.78 is 15.5. The molecule has 1 aliphatic carbocycles. The number of carbonyl (C=O) groups excluding carboxylic acids is 1. The van der Waals surface area contributed by atoms with Gasteiger partial charge in [0.05, 0.1) is 22.2 Å². The molecular formula is C17H12ClFN6O. The van der Waals surface area contributed by atoms with Crippen molar-refractivity contribution < 1.29 is 9.18 Å². The number of benzene rings is 1. The SMILES string of the molecule is N#Cc1cc(N)cc(Cl)c1-n1cc2c(NC(=O)C3CC3)ncc(F)c2n1. The molecule has 3 aromatic rings. The van der Waals surface area contributed by atoms with Crippen LogP contribution in [0.4, 0.5) is 15.9 Å². The number of rotatable bonds is 3. The molecule has 1 aliphatic rings. The lowest BCUT2D eigenvalue weighted by atomic mass is 10.1. The van der Waals surface area contributed by atoms with Crippen LogP contribution in [-0.4, -0.2) is 20.7 Å². The predicted molar refractivity (Wildman–Crippen MR) is 94.3 cm³/mol. The first-order valence-electron chi connectivity index (χ1n) is 7.82. The molecule has 7 nitrogen and oxygen atoms in total. The van der Waals surface area contributed by atoms with Crippen LogP contribution in [0.15, 0.2) is 24.5 Å². The number of anilines is 2. The Hall–Kier alpha value is -3.18. The van der Waals surface area contributed by atoms with Gasteiger partial charge in [-0.3, -0.25) is 4.79 Å². The molecule has 0 atom stereocenters. The van der Waals surface area contributed by atoms with Gasteiger partial charge in [-0.2, -0.15) is 10.4 Å². The first kappa shape index (κ1) is 16.3. The number of halogens is 2. The van der Waals surface area contributed by atoms with Crippen molar-refractivity contribution in [2.75, 3.05) is 11.1 Å². The van der Waals surface area contributed by atoms with E-state index in [9.17, 15) is 14.4 Å². The molecule has 2 heterocycles. The summed E-state index contributed by atoms with van der Waals surface area (Å²) in [6.45, 7) is 0. The van der Waals surface area contributed by atoms with Gasteiger partial charge in [-0.1, -0.05) is 11.6 Å². The molecule has 0 unspecified atom stereocenters. The molecule has 1 saturated carbocycles. The van der Waals surface area contributed by atoms with Crippen molar-refractivity contribution in [3.05, 3.63) is 40.9 Å². The van der Waals surface area contributed by atoms with Crippen molar-refractivity contribution >= 4 is 39.9 Å². The molecule has 0 aliphatic heterocycles. The third-order valence-electron chi connectivity index (χ3n) is 4.13. The third-order valence-corrected chi connectivity index (χ3v) is 4.42. The van der Waals surface area contributed by atoms with Gasteiger partial charge >= 0.3 is 0 Å². The van der Waals surface area contributed by atoms with E-state index in [0.29, 0.717) is 11.1 Å². The van der Waals surface area contributed by atoms with Crippen LogP contribution in [0.2, 0.25) is 5.02 Å². The average molecular weight is 371 g/mol. The Morgan fingerprint density at radius 1 is 1.46 bits per heavy atom. The average Bonchev–Trinajstić information content (AvgIpc) is 3.36. The normalized spacial score (nSPS) is 13.6. The predicted octanol–water partition coefficient (Wildman–Crippen LogP) is 3.02. The summed E-state index contributed by atoms with van der Waals surface area (Å²) in [5.41, 5.74) is 6.53. The molecule has 1 fully saturated rings. The lowest BCUT2D eigenvalue weighted by Gasteiger charge is -2.07. The van der Waals surface area contributed by atoms with E-state index in [1.54, 1.807) is 0 Å². The third kappa shape index (κ3) is 2.72. The van der Waals surface area contributed by atoms with Crippen LogP contribution in [-0.2, 0) is 4.79 Å². The highest BCUT2D eigenvalue weighted by molar-refractivity contribution is 6.33. The highest BCUT2D eigenvalue weighted by Crippen LogP contribution is 2.33. The number of nitrogens with two attached hydrogens (primary N) is 1. The van der Waals surface area contributed by atoms with Crippen LogP contribution in [0.5, 0.6) is 0 Å². The number of fused-ring (bicyclic) bond motifs is 1. The number of hydrogen-bond donors (Lipinski definition) is 2. The number of pyridine rings is 1. The Balaban J connectivity index is 1.87. The maximum Gasteiger partial charge on any atom is 0.228 e. The molecule has 1 amide bonds. The fourth-order valence-electron chi connectivity index (χ4n) is 2.69. The number of hydrogen-bond acceptors (Lipinski definition) is 5. The Morgan fingerprint density at radius 2 is 2.23 bits per heavy atom. The highest BCUT2D eigenvalue weighted by atomic mass is 35.5. The molecule has 26 heavy (non-hydrogen) atoms. The van der Waals surface area contributed by atoms with E-state index in [4.69, 9.17) is 17.3 Å². The Morgan fingerprint density at radius 3 is 2.92 bits per heavy atom. The number of nitriles is 1. The highest BCUT2D eigenvalue weighted by Gasteiger charge is 2.30. The minimum atomic E-state index is -0.645. The maximum atomic E-state index is 14.2. The first-order valence-corrected chi connectivity index (χ1v) is 8.20. The van der Waals surface area contributed by atoms with E-state index in [2.05, 4.69) is 15.4 Å². The summed E-state index contributed by atoms with van der Waals surface area (Å²) in [5.74, 6) is -0.604.